The minimum Gasteiger partial charge on any atom is -0.497 e. The van der Waals surface area contributed by atoms with Crippen molar-refractivity contribution in [3.05, 3.63) is 60.2 Å². The van der Waals surface area contributed by atoms with Crippen LogP contribution in [0.4, 0.5) is 11.4 Å². The maximum Gasteiger partial charge on any atom is 0.255 e. The second-order valence-corrected chi connectivity index (χ2v) is 7.41. The van der Waals surface area contributed by atoms with Crippen LogP contribution in [0.25, 0.3) is 0 Å². The smallest absolute Gasteiger partial charge is 0.255 e. The van der Waals surface area contributed by atoms with Crippen molar-refractivity contribution in [2.24, 2.45) is 11.8 Å². The second-order valence-electron chi connectivity index (χ2n) is 7.41. The third-order valence-electron chi connectivity index (χ3n) is 5.50. The fourth-order valence-corrected chi connectivity index (χ4v) is 3.85. The Hall–Kier alpha value is -3.81. The summed E-state index contributed by atoms with van der Waals surface area (Å²) in [6.45, 7) is 0. The quantitative estimate of drug-likeness (QED) is 0.724. The zero-order valence-corrected chi connectivity index (χ0v) is 17.3. The van der Waals surface area contributed by atoms with Crippen molar-refractivity contribution in [3.63, 3.8) is 0 Å². The SMILES string of the molecule is COc1cc(NC(=O)c2cccc(N3NC(=O)C4CC=CCC4C3=O)c2)cc(OC)c1. The summed E-state index contributed by atoms with van der Waals surface area (Å²) in [4.78, 5) is 38.3. The van der Waals surface area contributed by atoms with Crippen LogP contribution in [0.15, 0.2) is 54.6 Å². The molecule has 1 heterocycles. The zero-order valence-electron chi connectivity index (χ0n) is 17.3. The molecule has 8 heteroatoms. The normalized spacial score (nSPS) is 20.0. The maximum absolute atomic E-state index is 13.0. The Bertz CT molecular complexity index is 1040. The molecule has 0 aromatic heterocycles. The summed E-state index contributed by atoms with van der Waals surface area (Å²) < 4.78 is 10.5. The van der Waals surface area contributed by atoms with E-state index in [1.807, 2.05) is 12.2 Å². The van der Waals surface area contributed by atoms with E-state index in [1.54, 1.807) is 42.5 Å². The molecule has 4 rings (SSSR count). The molecule has 2 aliphatic rings. The number of hydrogen-bond acceptors (Lipinski definition) is 5. The van der Waals surface area contributed by atoms with Gasteiger partial charge in [0.1, 0.15) is 11.5 Å². The molecule has 31 heavy (non-hydrogen) atoms. The molecular formula is C23H23N3O5. The number of anilines is 2. The molecule has 1 fully saturated rings. The zero-order chi connectivity index (χ0) is 22.0. The van der Waals surface area contributed by atoms with Crippen LogP contribution in [0.5, 0.6) is 11.5 Å². The summed E-state index contributed by atoms with van der Waals surface area (Å²) in [6, 6.07) is 11.6. The van der Waals surface area contributed by atoms with Crippen molar-refractivity contribution in [2.45, 2.75) is 12.8 Å². The Morgan fingerprint density at radius 2 is 1.68 bits per heavy atom. The molecule has 1 aliphatic carbocycles. The Morgan fingerprint density at radius 1 is 1.00 bits per heavy atom. The van der Waals surface area contributed by atoms with Gasteiger partial charge in [-0.25, -0.2) is 5.01 Å². The number of allylic oxidation sites excluding steroid dienone is 2. The first-order valence-corrected chi connectivity index (χ1v) is 9.94. The molecule has 0 bridgehead atoms. The lowest BCUT2D eigenvalue weighted by atomic mass is 9.80. The van der Waals surface area contributed by atoms with Gasteiger partial charge in [-0.3, -0.25) is 19.8 Å². The Kier molecular flexibility index (Phi) is 5.62. The Balaban J connectivity index is 1.56. The topological polar surface area (TPSA) is 97.0 Å². The number of carbonyl (C=O) groups excluding carboxylic acids is 3. The monoisotopic (exact) mass is 421 g/mol. The fraction of sp³-hybridized carbons (Fsp3) is 0.261. The lowest BCUT2D eigenvalue weighted by molar-refractivity contribution is -0.139. The largest absolute Gasteiger partial charge is 0.497 e. The molecule has 2 N–H and O–H groups in total. The van der Waals surface area contributed by atoms with Crippen LogP contribution in [-0.2, 0) is 9.59 Å². The number of hydrogen-bond donors (Lipinski definition) is 2. The van der Waals surface area contributed by atoms with Crippen LogP contribution in [0, 0.1) is 11.8 Å². The summed E-state index contributed by atoms with van der Waals surface area (Å²) >= 11 is 0. The van der Waals surface area contributed by atoms with Gasteiger partial charge in [-0.15, -0.1) is 0 Å². The Morgan fingerprint density at radius 3 is 2.35 bits per heavy atom. The van der Waals surface area contributed by atoms with Gasteiger partial charge in [0.15, 0.2) is 0 Å². The van der Waals surface area contributed by atoms with Gasteiger partial charge in [0.05, 0.1) is 31.7 Å². The average molecular weight is 421 g/mol. The van der Waals surface area contributed by atoms with Crippen molar-refractivity contribution >= 4 is 29.1 Å². The molecule has 0 saturated carbocycles. The van der Waals surface area contributed by atoms with Crippen molar-refractivity contribution in [2.75, 3.05) is 24.5 Å². The lowest BCUT2D eigenvalue weighted by Crippen LogP contribution is -2.59. The van der Waals surface area contributed by atoms with Crippen LogP contribution < -0.4 is 25.2 Å². The van der Waals surface area contributed by atoms with Gasteiger partial charge in [-0.05, 0) is 31.0 Å². The van der Waals surface area contributed by atoms with Crippen LogP contribution in [0.2, 0.25) is 0 Å². The van der Waals surface area contributed by atoms with Crippen molar-refractivity contribution in [3.8, 4) is 11.5 Å². The molecule has 0 spiro atoms. The number of ether oxygens (including phenoxy) is 2. The third kappa shape index (κ3) is 4.09. The summed E-state index contributed by atoms with van der Waals surface area (Å²) in [5, 5.41) is 4.05. The summed E-state index contributed by atoms with van der Waals surface area (Å²) in [5.41, 5.74) is 3.95. The first-order chi connectivity index (χ1) is 15.0. The molecule has 3 amide bonds. The number of nitrogens with zero attached hydrogens (tertiary/aromatic N) is 1. The van der Waals surface area contributed by atoms with Gasteiger partial charge in [0.2, 0.25) is 11.8 Å². The predicted molar refractivity (Wildman–Crippen MR) is 115 cm³/mol. The van der Waals surface area contributed by atoms with E-state index < -0.39 is 0 Å². The van der Waals surface area contributed by atoms with E-state index in [2.05, 4.69) is 10.7 Å². The van der Waals surface area contributed by atoms with E-state index in [-0.39, 0.29) is 29.6 Å². The number of hydrazine groups is 1. The standard InChI is InChI=1S/C23H23N3O5/c1-30-17-11-15(12-18(13-17)31-2)24-21(27)14-6-5-7-16(10-14)26-23(29)20-9-4-3-8-19(20)22(28)25-26/h3-7,10-13,19-20H,8-9H2,1-2H3,(H,24,27)(H,25,28). The number of benzene rings is 2. The van der Waals surface area contributed by atoms with E-state index in [0.29, 0.717) is 41.3 Å². The number of nitrogens with one attached hydrogen (secondary N) is 2. The molecule has 1 aliphatic heterocycles. The van der Waals surface area contributed by atoms with E-state index in [9.17, 15) is 14.4 Å². The minimum absolute atomic E-state index is 0.177. The highest BCUT2D eigenvalue weighted by atomic mass is 16.5. The van der Waals surface area contributed by atoms with Gasteiger partial charge in [-0.2, -0.15) is 0 Å². The summed E-state index contributed by atoms with van der Waals surface area (Å²) in [5.74, 6) is -0.381. The van der Waals surface area contributed by atoms with Crippen molar-refractivity contribution in [1.82, 2.24) is 5.43 Å². The molecule has 160 valence electrons. The van der Waals surface area contributed by atoms with Crippen LogP contribution in [0.3, 0.4) is 0 Å². The third-order valence-corrected chi connectivity index (χ3v) is 5.50. The number of amides is 3. The van der Waals surface area contributed by atoms with E-state index >= 15 is 0 Å². The number of carbonyl (C=O) groups is 3. The number of fused-ring (bicyclic) bond motifs is 1. The lowest BCUT2D eigenvalue weighted by Gasteiger charge is -2.38. The first-order valence-electron chi connectivity index (χ1n) is 9.94. The molecular weight excluding hydrogens is 398 g/mol. The maximum atomic E-state index is 13.0. The van der Waals surface area contributed by atoms with Gasteiger partial charge in [0, 0.05) is 29.4 Å². The molecule has 2 aromatic carbocycles. The molecule has 1 saturated heterocycles. The second kappa shape index (κ2) is 8.51. The average Bonchev–Trinajstić information content (AvgIpc) is 2.81. The molecule has 0 radical (unpaired) electrons. The highest BCUT2D eigenvalue weighted by Crippen LogP contribution is 2.32. The van der Waals surface area contributed by atoms with Crippen LogP contribution in [0.1, 0.15) is 23.2 Å². The number of rotatable bonds is 5. The summed E-state index contributed by atoms with van der Waals surface area (Å²) in [6.07, 6.45) is 4.96. The van der Waals surface area contributed by atoms with Gasteiger partial charge >= 0.3 is 0 Å². The van der Waals surface area contributed by atoms with Gasteiger partial charge in [0.25, 0.3) is 5.91 Å². The van der Waals surface area contributed by atoms with E-state index in [1.165, 1.54) is 19.2 Å². The van der Waals surface area contributed by atoms with Crippen molar-refractivity contribution < 1.29 is 23.9 Å². The highest BCUT2D eigenvalue weighted by Gasteiger charge is 2.42. The summed E-state index contributed by atoms with van der Waals surface area (Å²) in [7, 11) is 3.06. The van der Waals surface area contributed by atoms with Gasteiger partial charge < -0.3 is 14.8 Å². The first kappa shape index (κ1) is 20.5. The molecule has 2 aromatic rings. The Labute approximate surface area is 179 Å². The minimum atomic E-state index is -0.388. The van der Waals surface area contributed by atoms with Crippen LogP contribution >= 0.6 is 0 Å². The fourth-order valence-electron chi connectivity index (χ4n) is 3.85. The van der Waals surface area contributed by atoms with E-state index in [0.717, 1.165) is 0 Å². The van der Waals surface area contributed by atoms with Crippen molar-refractivity contribution in [1.29, 1.82) is 0 Å². The van der Waals surface area contributed by atoms with Crippen LogP contribution in [-0.4, -0.2) is 31.9 Å². The molecule has 2 unspecified atom stereocenters. The predicted octanol–water partition coefficient (Wildman–Crippen LogP) is 2.92. The highest BCUT2D eigenvalue weighted by molar-refractivity contribution is 6.07. The van der Waals surface area contributed by atoms with E-state index in [4.69, 9.17) is 9.47 Å². The molecule has 2 atom stereocenters. The number of methoxy groups -OCH3 is 2. The molecule has 8 nitrogen and oxygen atoms in total. The van der Waals surface area contributed by atoms with Gasteiger partial charge in [-0.1, -0.05) is 18.2 Å².